The van der Waals surface area contributed by atoms with E-state index in [0.717, 1.165) is 38.6 Å². The molecule has 3 N–H and O–H groups in total. The first-order valence-electron chi connectivity index (χ1n) is 9.43. The molecule has 0 radical (unpaired) electrons. The van der Waals surface area contributed by atoms with Gasteiger partial charge in [0.05, 0.1) is 12.2 Å². The van der Waals surface area contributed by atoms with Crippen LogP contribution in [0.5, 0.6) is 0 Å². The maximum absolute atomic E-state index is 12.0. The second-order valence-corrected chi connectivity index (χ2v) is 6.69. The molecule has 3 atom stereocenters. The Bertz CT molecular complexity index is 657. The Morgan fingerprint density at radius 1 is 1.31 bits per heavy atom. The molecule has 0 aliphatic carbocycles. The van der Waals surface area contributed by atoms with E-state index in [0.29, 0.717) is 18.6 Å². The van der Waals surface area contributed by atoms with Crippen molar-refractivity contribution in [2.24, 2.45) is 5.73 Å². The Morgan fingerprint density at radius 3 is 2.81 bits per heavy atom. The molecule has 0 amide bonds. The number of aryl methyl sites for hydroxylation is 1. The molecule has 148 valence electrons. The van der Waals surface area contributed by atoms with Crippen LogP contribution >= 0.6 is 0 Å². The van der Waals surface area contributed by atoms with E-state index in [1.54, 1.807) is 13.1 Å². The molecule has 0 saturated carbocycles. The molecule has 0 spiro atoms. The van der Waals surface area contributed by atoms with Gasteiger partial charge in [0.1, 0.15) is 13.0 Å². The summed E-state index contributed by atoms with van der Waals surface area (Å²) in [6.07, 6.45) is 6.47. The number of hydrogen-bond acceptors (Lipinski definition) is 6. The van der Waals surface area contributed by atoms with Crippen LogP contribution in [0.2, 0.25) is 0 Å². The number of nitrogens with one attached hydrogen (secondary N) is 1. The Hall–Kier alpha value is -1.48. The van der Waals surface area contributed by atoms with Gasteiger partial charge >= 0.3 is 5.69 Å². The van der Waals surface area contributed by atoms with Crippen LogP contribution in [0.3, 0.4) is 0 Å². The molecule has 1 aromatic heterocycles. The molecular formula is C18H31N3O5. The number of aromatic nitrogens is 2. The van der Waals surface area contributed by atoms with Gasteiger partial charge in [-0.2, -0.15) is 0 Å². The fourth-order valence-electron chi connectivity index (χ4n) is 3.11. The zero-order chi connectivity index (χ0) is 18.9. The van der Waals surface area contributed by atoms with Gasteiger partial charge in [-0.25, -0.2) is 4.79 Å². The third-order valence-electron chi connectivity index (χ3n) is 4.65. The average Bonchev–Trinajstić information content (AvgIpc) is 3.03. The summed E-state index contributed by atoms with van der Waals surface area (Å²) in [5.41, 5.74) is 5.10. The van der Waals surface area contributed by atoms with Crippen LogP contribution in [-0.4, -0.2) is 41.7 Å². The van der Waals surface area contributed by atoms with E-state index < -0.39 is 11.9 Å². The molecule has 1 aliphatic heterocycles. The van der Waals surface area contributed by atoms with Gasteiger partial charge in [-0.3, -0.25) is 14.3 Å². The molecule has 2 rings (SSSR count). The molecule has 1 fully saturated rings. The maximum Gasteiger partial charge on any atom is 0.330 e. The molecular weight excluding hydrogens is 338 g/mol. The Kier molecular flexibility index (Phi) is 8.50. The van der Waals surface area contributed by atoms with E-state index in [4.69, 9.17) is 19.9 Å². The van der Waals surface area contributed by atoms with Gasteiger partial charge < -0.3 is 19.9 Å². The van der Waals surface area contributed by atoms with Gasteiger partial charge in [-0.15, -0.1) is 0 Å². The number of H-pyrrole nitrogens is 1. The van der Waals surface area contributed by atoms with Crippen molar-refractivity contribution in [2.45, 2.75) is 70.8 Å². The standard InChI is InChI=1S/C18H31N3O5/c1-3-14-15(25-12-24-9-7-5-4-6-8-19)10-16(26-14)21-11-13(2)17(22)20-18(21)23/h11,14-16H,3-10,12,19H2,1-2H3,(H,20,22,23)/t14-,15?,16-/m1/s1. The first kappa shape index (κ1) is 20.8. The topological polar surface area (TPSA) is 109 Å². The van der Waals surface area contributed by atoms with Gasteiger partial charge in [-0.05, 0) is 32.7 Å². The zero-order valence-corrected chi connectivity index (χ0v) is 15.7. The minimum absolute atomic E-state index is 0.104. The van der Waals surface area contributed by atoms with Crippen LogP contribution < -0.4 is 17.0 Å². The van der Waals surface area contributed by atoms with E-state index >= 15 is 0 Å². The van der Waals surface area contributed by atoms with Crippen molar-refractivity contribution in [3.05, 3.63) is 32.6 Å². The summed E-state index contributed by atoms with van der Waals surface area (Å²) in [7, 11) is 0. The van der Waals surface area contributed by atoms with Crippen molar-refractivity contribution in [2.75, 3.05) is 19.9 Å². The van der Waals surface area contributed by atoms with Crippen molar-refractivity contribution < 1.29 is 14.2 Å². The highest BCUT2D eigenvalue weighted by Crippen LogP contribution is 2.31. The van der Waals surface area contributed by atoms with E-state index in [1.165, 1.54) is 4.57 Å². The molecule has 8 heteroatoms. The molecule has 2 heterocycles. The van der Waals surface area contributed by atoms with Crippen LogP contribution in [0.15, 0.2) is 15.8 Å². The lowest BCUT2D eigenvalue weighted by atomic mass is 10.1. The van der Waals surface area contributed by atoms with Gasteiger partial charge in [-0.1, -0.05) is 19.8 Å². The summed E-state index contributed by atoms with van der Waals surface area (Å²) < 4.78 is 18.8. The Balaban J connectivity index is 1.81. The van der Waals surface area contributed by atoms with E-state index in [2.05, 4.69) is 4.98 Å². The second-order valence-electron chi connectivity index (χ2n) is 6.69. The monoisotopic (exact) mass is 369 g/mol. The number of aromatic amines is 1. The number of rotatable bonds is 11. The van der Waals surface area contributed by atoms with E-state index in [-0.39, 0.29) is 24.6 Å². The maximum atomic E-state index is 12.0. The summed E-state index contributed by atoms with van der Waals surface area (Å²) >= 11 is 0. The number of unbranched alkanes of at least 4 members (excludes halogenated alkanes) is 3. The van der Waals surface area contributed by atoms with Crippen molar-refractivity contribution >= 4 is 0 Å². The number of hydrogen-bond donors (Lipinski definition) is 2. The van der Waals surface area contributed by atoms with Crippen molar-refractivity contribution in [1.82, 2.24) is 9.55 Å². The lowest BCUT2D eigenvalue weighted by Crippen LogP contribution is -2.33. The summed E-state index contributed by atoms with van der Waals surface area (Å²) in [6, 6.07) is 0. The molecule has 0 bridgehead atoms. The van der Waals surface area contributed by atoms with Crippen molar-refractivity contribution in [3.63, 3.8) is 0 Å². The summed E-state index contributed by atoms with van der Waals surface area (Å²) in [5, 5.41) is 0. The van der Waals surface area contributed by atoms with E-state index in [1.807, 2.05) is 6.92 Å². The molecule has 1 aliphatic rings. The third-order valence-corrected chi connectivity index (χ3v) is 4.65. The number of ether oxygens (including phenoxy) is 3. The second kappa shape index (κ2) is 10.6. The third kappa shape index (κ3) is 5.77. The van der Waals surface area contributed by atoms with Crippen LogP contribution in [-0.2, 0) is 14.2 Å². The number of nitrogens with two attached hydrogens (primary N) is 1. The predicted octanol–water partition coefficient (Wildman–Crippen LogP) is 1.42. The van der Waals surface area contributed by atoms with Crippen molar-refractivity contribution in [1.29, 1.82) is 0 Å². The predicted molar refractivity (Wildman–Crippen MR) is 98.1 cm³/mol. The van der Waals surface area contributed by atoms with Crippen LogP contribution in [0.4, 0.5) is 0 Å². The lowest BCUT2D eigenvalue weighted by molar-refractivity contribution is -0.111. The Labute approximate surface area is 153 Å². The van der Waals surface area contributed by atoms with Crippen molar-refractivity contribution in [3.8, 4) is 0 Å². The molecule has 26 heavy (non-hydrogen) atoms. The minimum Gasteiger partial charge on any atom is -0.355 e. The fourth-order valence-corrected chi connectivity index (χ4v) is 3.11. The highest BCUT2D eigenvalue weighted by Gasteiger charge is 2.36. The normalized spacial score (nSPS) is 22.8. The van der Waals surface area contributed by atoms with E-state index in [9.17, 15) is 9.59 Å². The van der Waals surface area contributed by atoms with Gasteiger partial charge in [0.25, 0.3) is 5.56 Å². The minimum atomic E-state index is -0.463. The van der Waals surface area contributed by atoms with Gasteiger partial charge in [0, 0.05) is 24.8 Å². The van der Waals surface area contributed by atoms with Crippen LogP contribution in [0, 0.1) is 6.92 Å². The molecule has 1 saturated heterocycles. The summed E-state index contributed by atoms with van der Waals surface area (Å²) in [6.45, 7) is 5.30. The SMILES string of the molecule is CC[C@H]1O[C@@H](n2cc(C)c(=O)[nH]c2=O)CC1OCOCCCCCCN. The number of nitrogens with zero attached hydrogens (tertiary/aromatic N) is 1. The van der Waals surface area contributed by atoms with Gasteiger partial charge in [0.15, 0.2) is 0 Å². The molecule has 8 nitrogen and oxygen atoms in total. The average molecular weight is 369 g/mol. The fraction of sp³-hybridized carbons (Fsp3) is 0.778. The highest BCUT2D eigenvalue weighted by molar-refractivity contribution is 5.02. The van der Waals surface area contributed by atoms with Crippen LogP contribution in [0.1, 0.15) is 57.2 Å². The smallest absolute Gasteiger partial charge is 0.330 e. The lowest BCUT2D eigenvalue weighted by Gasteiger charge is -2.17. The highest BCUT2D eigenvalue weighted by atomic mass is 16.7. The Morgan fingerprint density at radius 2 is 2.08 bits per heavy atom. The molecule has 0 aromatic carbocycles. The summed E-state index contributed by atoms with van der Waals surface area (Å²) in [4.78, 5) is 25.9. The van der Waals surface area contributed by atoms with Crippen LogP contribution in [0.25, 0.3) is 0 Å². The largest absolute Gasteiger partial charge is 0.355 e. The summed E-state index contributed by atoms with van der Waals surface area (Å²) in [5.74, 6) is 0. The van der Waals surface area contributed by atoms with Gasteiger partial charge in [0.2, 0.25) is 0 Å². The first-order chi connectivity index (χ1) is 12.6. The zero-order valence-electron chi connectivity index (χ0n) is 15.7. The molecule has 1 unspecified atom stereocenters. The molecule has 1 aromatic rings. The quantitative estimate of drug-likeness (QED) is 0.451. The first-order valence-corrected chi connectivity index (χ1v) is 9.43.